The van der Waals surface area contributed by atoms with Gasteiger partial charge in [-0.1, -0.05) is 0 Å². The molecule has 3 N–H and O–H groups in total. The third-order valence-electron chi connectivity index (χ3n) is 1.40. The van der Waals surface area contributed by atoms with Gasteiger partial charge in [0.15, 0.2) is 0 Å². The Bertz CT molecular complexity index is 103. The van der Waals surface area contributed by atoms with Crippen LogP contribution >= 0.6 is 0 Å². The molecule has 8 heavy (non-hydrogen) atoms. The fourth-order valence-corrected chi connectivity index (χ4v) is 0.831. The summed E-state index contributed by atoms with van der Waals surface area (Å²) in [4.78, 5) is 10.4. The number of nitrogens with one attached hydrogen (secondary N) is 1. The van der Waals surface area contributed by atoms with Gasteiger partial charge in [0.25, 0.3) is 0 Å². The SMILES string of the molecule is NCC1CNC(=O)C1. The number of nitrogens with two attached hydrogens (primary N) is 1. The minimum absolute atomic E-state index is 0.139. The fraction of sp³-hybridized carbons (Fsp3) is 0.800. The molecule has 1 aliphatic rings. The summed E-state index contributed by atoms with van der Waals surface area (Å²) in [5.41, 5.74) is 5.30. The fourth-order valence-electron chi connectivity index (χ4n) is 0.831. The Hall–Kier alpha value is -0.570. The van der Waals surface area contributed by atoms with E-state index in [0.717, 1.165) is 6.54 Å². The third-order valence-corrected chi connectivity index (χ3v) is 1.40. The summed E-state index contributed by atoms with van der Waals surface area (Å²) < 4.78 is 0. The van der Waals surface area contributed by atoms with E-state index in [9.17, 15) is 4.79 Å². The highest BCUT2D eigenvalue weighted by Crippen LogP contribution is 2.04. The molecule has 1 rings (SSSR count). The second kappa shape index (κ2) is 2.13. The Morgan fingerprint density at radius 1 is 1.88 bits per heavy atom. The van der Waals surface area contributed by atoms with Crippen LogP contribution in [-0.2, 0) is 4.79 Å². The molecule has 1 saturated heterocycles. The van der Waals surface area contributed by atoms with Crippen molar-refractivity contribution in [2.45, 2.75) is 6.42 Å². The van der Waals surface area contributed by atoms with Gasteiger partial charge in [-0.2, -0.15) is 0 Å². The van der Waals surface area contributed by atoms with Crippen molar-refractivity contribution in [3.05, 3.63) is 0 Å². The van der Waals surface area contributed by atoms with Gasteiger partial charge >= 0.3 is 0 Å². The van der Waals surface area contributed by atoms with Crippen LogP contribution in [0.1, 0.15) is 6.42 Å². The zero-order valence-electron chi connectivity index (χ0n) is 4.68. The van der Waals surface area contributed by atoms with Crippen molar-refractivity contribution in [1.82, 2.24) is 5.32 Å². The summed E-state index contributed by atoms with van der Waals surface area (Å²) in [6, 6.07) is 0. The van der Waals surface area contributed by atoms with Crippen LogP contribution in [0.3, 0.4) is 0 Å². The van der Waals surface area contributed by atoms with Gasteiger partial charge < -0.3 is 11.1 Å². The van der Waals surface area contributed by atoms with Crippen LogP contribution in [0.25, 0.3) is 0 Å². The second-order valence-electron chi connectivity index (χ2n) is 2.11. The molecule has 1 heterocycles. The Morgan fingerprint density at radius 3 is 2.88 bits per heavy atom. The van der Waals surface area contributed by atoms with E-state index >= 15 is 0 Å². The van der Waals surface area contributed by atoms with Gasteiger partial charge in [0, 0.05) is 13.0 Å². The lowest BCUT2D eigenvalue weighted by Gasteiger charge is -1.97. The Kier molecular flexibility index (Phi) is 1.48. The third kappa shape index (κ3) is 0.980. The molecule has 3 heteroatoms. The molecule has 46 valence electrons. The van der Waals surface area contributed by atoms with Crippen LogP contribution in [0, 0.1) is 5.92 Å². The van der Waals surface area contributed by atoms with Gasteiger partial charge in [-0.05, 0) is 12.5 Å². The molecule has 0 spiro atoms. The topological polar surface area (TPSA) is 55.1 Å². The highest BCUT2D eigenvalue weighted by molar-refractivity contribution is 5.78. The number of hydrogen-bond donors (Lipinski definition) is 2. The predicted molar refractivity (Wildman–Crippen MR) is 30.2 cm³/mol. The summed E-state index contributed by atoms with van der Waals surface area (Å²) >= 11 is 0. The van der Waals surface area contributed by atoms with Crippen molar-refractivity contribution in [2.24, 2.45) is 11.7 Å². The van der Waals surface area contributed by atoms with Gasteiger partial charge in [0.1, 0.15) is 0 Å². The highest BCUT2D eigenvalue weighted by Gasteiger charge is 2.18. The average Bonchev–Trinajstić information content (AvgIpc) is 2.14. The van der Waals surface area contributed by atoms with Crippen LogP contribution in [-0.4, -0.2) is 19.0 Å². The van der Waals surface area contributed by atoms with E-state index in [0.29, 0.717) is 18.9 Å². The van der Waals surface area contributed by atoms with Crippen molar-refractivity contribution in [2.75, 3.05) is 13.1 Å². The molecule has 1 atom stereocenters. The molecule has 0 radical (unpaired) electrons. The zero-order chi connectivity index (χ0) is 5.98. The van der Waals surface area contributed by atoms with Crippen molar-refractivity contribution in [3.8, 4) is 0 Å². The maximum absolute atomic E-state index is 10.4. The number of carbonyl (C=O) groups excluding carboxylic acids is 1. The molecule has 1 amide bonds. The van der Waals surface area contributed by atoms with Crippen LogP contribution in [0.4, 0.5) is 0 Å². The summed E-state index contributed by atoms with van der Waals surface area (Å²) in [5.74, 6) is 0.531. The van der Waals surface area contributed by atoms with Crippen LogP contribution < -0.4 is 11.1 Å². The van der Waals surface area contributed by atoms with Crippen molar-refractivity contribution < 1.29 is 4.79 Å². The molecule has 0 saturated carbocycles. The van der Waals surface area contributed by atoms with E-state index in [1.807, 2.05) is 0 Å². The molecule has 0 aliphatic carbocycles. The van der Waals surface area contributed by atoms with Gasteiger partial charge in [0.05, 0.1) is 0 Å². The van der Waals surface area contributed by atoms with E-state index in [1.54, 1.807) is 0 Å². The van der Waals surface area contributed by atoms with Crippen LogP contribution in [0.2, 0.25) is 0 Å². The van der Waals surface area contributed by atoms with E-state index in [2.05, 4.69) is 5.32 Å². The predicted octanol–water partition coefficient (Wildman–Crippen LogP) is -0.919. The number of carbonyl (C=O) groups is 1. The molecule has 0 aromatic heterocycles. The standard InChI is InChI=1S/C5H10N2O/c6-2-4-1-5(8)7-3-4/h4H,1-3,6H2,(H,7,8). The number of rotatable bonds is 1. The minimum atomic E-state index is 0.139. The normalized spacial score (nSPS) is 28.1. The van der Waals surface area contributed by atoms with Gasteiger partial charge in [0.2, 0.25) is 5.91 Å². The molecule has 0 aromatic carbocycles. The summed E-state index contributed by atoms with van der Waals surface area (Å²) in [6.45, 7) is 1.40. The second-order valence-corrected chi connectivity index (χ2v) is 2.11. The Labute approximate surface area is 48.2 Å². The largest absolute Gasteiger partial charge is 0.356 e. The van der Waals surface area contributed by atoms with Crippen LogP contribution in [0.15, 0.2) is 0 Å². The lowest BCUT2D eigenvalue weighted by molar-refractivity contribution is -0.119. The monoisotopic (exact) mass is 114 g/mol. The Balaban J connectivity index is 2.32. The molecule has 1 fully saturated rings. The quantitative estimate of drug-likeness (QED) is 0.463. The molecular weight excluding hydrogens is 104 g/mol. The summed E-state index contributed by atoms with van der Waals surface area (Å²) in [5, 5.41) is 2.70. The van der Waals surface area contributed by atoms with Gasteiger partial charge in [-0.15, -0.1) is 0 Å². The number of amides is 1. The van der Waals surface area contributed by atoms with E-state index in [4.69, 9.17) is 5.73 Å². The smallest absolute Gasteiger partial charge is 0.220 e. The first kappa shape index (κ1) is 5.56. The summed E-state index contributed by atoms with van der Waals surface area (Å²) in [6.07, 6.45) is 0.622. The van der Waals surface area contributed by atoms with Crippen molar-refractivity contribution in [3.63, 3.8) is 0 Å². The van der Waals surface area contributed by atoms with E-state index < -0.39 is 0 Å². The van der Waals surface area contributed by atoms with Crippen molar-refractivity contribution in [1.29, 1.82) is 0 Å². The van der Waals surface area contributed by atoms with Crippen LogP contribution in [0.5, 0.6) is 0 Å². The highest BCUT2D eigenvalue weighted by atomic mass is 16.1. The molecule has 3 nitrogen and oxygen atoms in total. The van der Waals surface area contributed by atoms with E-state index in [1.165, 1.54) is 0 Å². The van der Waals surface area contributed by atoms with Crippen molar-refractivity contribution >= 4 is 5.91 Å². The average molecular weight is 114 g/mol. The molecular formula is C5H10N2O. The molecule has 1 unspecified atom stereocenters. The Morgan fingerprint density at radius 2 is 2.62 bits per heavy atom. The molecule has 1 aliphatic heterocycles. The first-order valence-electron chi connectivity index (χ1n) is 2.79. The first-order chi connectivity index (χ1) is 3.83. The summed E-state index contributed by atoms with van der Waals surface area (Å²) in [7, 11) is 0. The van der Waals surface area contributed by atoms with Gasteiger partial charge in [-0.3, -0.25) is 4.79 Å². The van der Waals surface area contributed by atoms with Gasteiger partial charge in [-0.25, -0.2) is 0 Å². The minimum Gasteiger partial charge on any atom is -0.356 e. The maximum Gasteiger partial charge on any atom is 0.220 e. The number of hydrogen-bond acceptors (Lipinski definition) is 2. The molecule has 0 aromatic rings. The molecule has 0 bridgehead atoms. The lowest BCUT2D eigenvalue weighted by Crippen LogP contribution is -2.17. The van der Waals surface area contributed by atoms with E-state index in [-0.39, 0.29) is 5.91 Å². The lowest BCUT2D eigenvalue weighted by atomic mass is 10.1. The maximum atomic E-state index is 10.4. The first-order valence-corrected chi connectivity index (χ1v) is 2.79. The zero-order valence-corrected chi connectivity index (χ0v) is 4.68.